The second kappa shape index (κ2) is 10.3. The predicted molar refractivity (Wildman–Crippen MR) is 142 cm³/mol. The summed E-state index contributed by atoms with van der Waals surface area (Å²) in [5.74, 6) is 1.27. The third-order valence-electron chi connectivity index (χ3n) is 8.08. The van der Waals surface area contributed by atoms with Crippen LogP contribution in [0.4, 0.5) is 0 Å². The standard InChI is InChI=1S/C29H34N4O5/c1-36-19-8-9-25(37-2)22(16-19)28-27-21(20-6-3-4-7-23(20)30-27)17-24-29(35)32(18-26(34)33(24)28)11-5-10-31-12-14-38-15-13-31/h3-4,6-9,16,24,28,30H,5,10-15,17-18H2,1-2H3/t24-,28+/m0/s1. The van der Waals surface area contributed by atoms with Gasteiger partial charge in [-0.3, -0.25) is 14.5 Å². The van der Waals surface area contributed by atoms with E-state index in [1.165, 1.54) is 0 Å². The van der Waals surface area contributed by atoms with Crippen LogP contribution in [-0.4, -0.2) is 97.7 Å². The van der Waals surface area contributed by atoms with Crippen molar-refractivity contribution in [3.05, 3.63) is 59.3 Å². The molecule has 0 aliphatic carbocycles. The number of fused-ring (bicyclic) bond motifs is 4. The Kier molecular flexibility index (Phi) is 6.71. The molecule has 9 heteroatoms. The number of carbonyl (C=O) groups is 2. The van der Waals surface area contributed by atoms with E-state index in [4.69, 9.17) is 14.2 Å². The van der Waals surface area contributed by atoms with Gasteiger partial charge in [0.25, 0.3) is 0 Å². The highest BCUT2D eigenvalue weighted by Crippen LogP contribution is 2.45. The number of H-pyrrole nitrogens is 1. The minimum Gasteiger partial charge on any atom is -0.497 e. The summed E-state index contributed by atoms with van der Waals surface area (Å²) < 4.78 is 16.7. The quantitative estimate of drug-likeness (QED) is 0.518. The SMILES string of the molecule is COc1ccc(OC)c([C@@H]2c3[nH]c4ccccc4c3C[C@H]3C(=O)N(CCCN4CCOCC4)CC(=O)N23)c1. The van der Waals surface area contributed by atoms with Crippen molar-refractivity contribution in [3.63, 3.8) is 0 Å². The zero-order chi connectivity index (χ0) is 26.2. The molecule has 2 saturated heterocycles. The van der Waals surface area contributed by atoms with E-state index in [2.05, 4.69) is 16.0 Å². The maximum absolute atomic E-state index is 13.9. The smallest absolute Gasteiger partial charge is 0.246 e. The fourth-order valence-electron chi connectivity index (χ4n) is 6.20. The van der Waals surface area contributed by atoms with E-state index in [0.717, 1.165) is 67.0 Å². The predicted octanol–water partition coefficient (Wildman–Crippen LogP) is 2.59. The molecule has 3 aromatic rings. The molecule has 0 bridgehead atoms. The van der Waals surface area contributed by atoms with Gasteiger partial charge in [0.15, 0.2) is 0 Å². The number of aromatic nitrogens is 1. The Hall–Kier alpha value is -3.56. The zero-order valence-corrected chi connectivity index (χ0v) is 21.9. The van der Waals surface area contributed by atoms with Crippen molar-refractivity contribution in [1.82, 2.24) is 19.7 Å². The number of nitrogens with one attached hydrogen (secondary N) is 1. The molecule has 0 radical (unpaired) electrons. The highest BCUT2D eigenvalue weighted by Gasteiger charge is 2.48. The van der Waals surface area contributed by atoms with Crippen molar-refractivity contribution in [2.24, 2.45) is 0 Å². The summed E-state index contributed by atoms with van der Waals surface area (Å²) >= 11 is 0. The van der Waals surface area contributed by atoms with Gasteiger partial charge < -0.3 is 29.0 Å². The summed E-state index contributed by atoms with van der Waals surface area (Å²) in [5.41, 5.74) is 3.79. The van der Waals surface area contributed by atoms with E-state index in [0.29, 0.717) is 24.5 Å². The normalized spacial score (nSPS) is 21.9. The van der Waals surface area contributed by atoms with E-state index in [9.17, 15) is 9.59 Å². The molecule has 1 N–H and O–H groups in total. The van der Waals surface area contributed by atoms with Crippen LogP contribution in [0.1, 0.15) is 29.3 Å². The number of para-hydroxylation sites is 1. The zero-order valence-electron chi connectivity index (χ0n) is 21.9. The molecule has 2 amide bonds. The largest absolute Gasteiger partial charge is 0.497 e. The van der Waals surface area contributed by atoms with Crippen LogP contribution in [0.3, 0.4) is 0 Å². The Morgan fingerprint density at radius 2 is 1.84 bits per heavy atom. The molecular formula is C29H34N4O5. The number of ether oxygens (including phenoxy) is 3. The van der Waals surface area contributed by atoms with Crippen molar-refractivity contribution in [1.29, 1.82) is 0 Å². The number of benzene rings is 2. The summed E-state index contributed by atoms with van der Waals surface area (Å²) in [6.07, 6.45) is 1.31. The lowest BCUT2D eigenvalue weighted by molar-refractivity contribution is -0.158. The first kappa shape index (κ1) is 24.8. The molecule has 0 spiro atoms. The number of carbonyl (C=O) groups excluding carboxylic acids is 2. The van der Waals surface area contributed by atoms with Crippen LogP contribution in [-0.2, 0) is 20.7 Å². The van der Waals surface area contributed by atoms with Crippen molar-refractivity contribution in [2.45, 2.75) is 24.9 Å². The Bertz CT molecular complexity index is 1350. The van der Waals surface area contributed by atoms with Crippen molar-refractivity contribution in [3.8, 4) is 11.5 Å². The topological polar surface area (TPSA) is 87.3 Å². The number of methoxy groups -OCH3 is 2. The molecule has 4 heterocycles. The number of piperazine rings is 1. The molecular weight excluding hydrogens is 484 g/mol. The van der Waals surface area contributed by atoms with Gasteiger partial charge >= 0.3 is 0 Å². The third-order valence-corrected chi connectivity index (χ3v) is 8.08. The van der Waals surface area contributed by atoms with Crippen LogP contribution >= 0.6 is 0 Å². The van der Waals surface area contributed by atoms with Crippen LogP contribution < -0.4 is 9.47 Å². The summed E-state index contributed by atoms with van der Waals surface area (Å²) in [5, 5.41) is 1.08. The van der Waals surface area contributed by atoms with Crippen molar-refractivity contribution < 1.29 is 23.8 Å². The van der Waals surface area contributed by atoms with Crippen LogP contribution in [0, 0.1) is 0 Å². The highest BCUT2D eigenvalue weighted by atomic mass is 16.5. The average Bonchev–Trinajstić information content (AvgIpc) is 3.33. The van der Waals surface area contributed by atoms with Gasteiger partial charge in [-0.1, -0.05) is 18.2 Å². The van der Waals surface area contributed by atoms with Crippen LogP contribution in [0.25, 0.3) is 10.9 Å². The molecule has 6 rings (SSSR count). The summed E-state index contributed by atoms with van der Waals surface area (Å²) in [7, 11) is 3.24. The molecule has 2 atom stereocenters. The Morgan fingerprint density at radius 1 is 1.03 bits per heavy atom. The van der Waals surface area contributed by atoms with Gasteiger partial charge in [0.2, 0.25) is 11.8 Å². The minimum absolute atomic E-state index is 0.00868. The number of aromatic amines is 1. The Balaban J connectivity index is 1.36. The lowest BCUT2D eigenvalue weighted by Gasteiger charge is -2.47. The molecule has 2 fully saturated rings. The number of nitrogens with zero attached hydrogens (tertiary/aromatic N) is 3. The number of rotatable bonds is 7. The first-order chi connectivity index (χ1) is 18.6. The monoisotopic (exact) mass is 518 g/mol. The van der Waals surface area contributed by atoms with Gasteiger partial charge in [-0.25, -0.2) is 0 Å². The van der Waals surface area contributed by atoms with Gasteiger partial charge in [-0.15, -0.1) is 0 Å². The number of hydrogen-bond donors (Lipinski definition) is 1. The molecule has 2 aromatic carbocycles. The molecule has 3 aliphatic heterocycles. The van der Waals surface area contributed by atoms with E-state index in [1.807, 2.05) is 36.4 Å². The first-order valence-corrected chi connectivity index (χ1v) is 13.3. The lowest BCUT2D eigenvalue weighted by Crippen LogP contribution is -2.63. The molecule has 9 nitrogen and oxygen atoms in total. The molecule has 1 aromatic heterocycles. The second-order valence-corrected chi connectivity index (χ2v) is 10.2. The summed E-state index contributed by atoms with van der Waals surface area (Å²) in [6, 6.07) is 12.7. The van der Waals surface area contributed by atoms with Crippen LogP contribution in [0.15, 0.2) is 42.5 Å². The van der Waals surface area contributed by atoms with E-state index < -0.39 is 12.1 Å². The maximum atomic E-state index is 13.9. The van der Waals surface area contributed by atoms with Crippen molar-refractivity contribution >= 4 is 22.7 Å². The second-order valence-electron chi connectivity index (χ2n) is 10.2. The fourth-order valence-corrected chi connectivity index (χ4v) is 6.20. The van der Waals surface area contributed by atoms with Gasteiger partial charge in [0, 0.05) is 54.8 Å². The van der Waals surface area contributed by atoms with Crippen LogP contribution in [0.2, 0.25) is 0 Å². The lowest BCUT2D eigenvalue weighted by atomic mass is 9.85. The third kappa shape index (κ3) is 4.29. The first-order valence-electron chi connectivity index (χ1n) is 13.3. The van der Waals surface area contributed by atoms with Gasteiger partial charge in [0.05, 0.1) is 34.0 Å². The Labute approximate surface area is 222 Å². The minimum atomic E-state index is -0.577. The summed E-state index contributed by atoms with van der Waals surface area (Å²) in [4.78, 5) is 37.2. The molecule has 0 saturated carbocycles. The van der Waals surface area contributed by atoms with E-state index >= 15 is 0 Å². The van der Waals surface area contributed by atoms with Gasteiger partial charge in [0.1, 0.15) is 23.6 Å². The number of amides is 2. The number of morpholine rings is 1. The fraction of sp³-hybridized carbons (Fsp3) is 0.448. The van der Waals surface area contributed by atoms with Crippen molar-refractivity contribution in [2.75, 3.05) is 60.2 Å². The maximum Gasteiger partial charge on any atom is 0.246 e. The van der Waals surface area contributed by atoms with Crippen LogP contribution in [0.5, 0.6) is 11.5 Å². The van der Waals surface area contributed by atoms with Gasteiger partial charge in [-0.2, -0.15) is 0 Å². The van der Waals surface area contributed by atoms with E-state index in [-0.39, 0.29) is 18.4 Å². The molecule has 0 unspecified atom stereocenters. The molecule has 3 aliphatic rings. The highest BCUT2D eigenvalue weighted by molar-refractivity contribution is 5.97. The summed E-state index contributed by atoms with van der Waals surface area (Å²) in [6.45, 7) is 4.87. The van der Waals surface area contributed by atoms with Gasteiger partial charge in [-0.05, 0) is 36.2 Å². The molecule has 200 valence electrons. The van der Waals surface area contributed by atoms with E-state index in [1.54, 1.807) is 24.0 Å². The average molecular weight is 519 g/mol. The Morgan fingerprint density at radius 3 is 2.63 bits per heavy atom. The molecule has 38 heavy (non-hydrogen) atoms. The number of hydrogen-bond acceptors (Lipinski definition) is 6.